The second kappa shape index (κ2) is 5.45. The maximum Gasteiger partial charge on any atom is 0.232 e. The number of nitrogens with two attached hydrogens (primary N) is 1. The molecule has 0 heterocycles. The maximum absolute atomic E-state index is 11.9. The quantitative estimate of drug-likeness (QED) is 0.709. The number of hydrogen-bond donors (Lipinski definition) is 2. The fraction of sp³-hybridized carbons (Fsp3) is 0.818. The largest absolute Gasteiger partial charge is 0.392 e. The van der Waals surface area contributed by atoms with Crippen molar-refractivity contribution in [2.24, 2.45) is 17.1 Å². The number of amides is 1. The van der Waals surface area contributed by atoms with Gasteiger partial charge in [0.05, 0.1) is 10.4 Å². The van der Waals surface area contributed by atoms with Crippen LogP contribution >= 0.6 is 12.2 Å². The minimum Gasteiger partial charge on any atom is -0.392 e. The molecule has 0 aromatic rings. The van der Waals surface area contributed by atoms with Crippen molar-refractivity contribution in [2.75, 3.05) is 0 Å². The summed E-state index contributed by atoms with van der Waals surface area (Å²) < 4.78 is 0. The Morgan fingerprint density at radius 1 is 1.47 bits per heavy atom. The molecule has 0 aromatic heterocycles. The molecule has 1 atom stereocenters. The van der Waals surface area contributed by atoms with Crippen LogP contribution < -0.4 is 11.1 Å². The average molecular weight is 230 g/mol. The number of thiocarbonyl (C=S) groups is 1. The highest BCUT2D eigenvalue weighted by Crippen LogP contribution is 2.17. The highest BCUT2D eigenvalue weighted by atomic mass is 32.1. The smallest absolute Gasteiger partial charge is 0.232 e. The SMILES string of the molecule is CCC(NC(=O)C(C)(C)C(N)=S)C(C)C. The Morgan fingerprint density at radius 3 is 2.20 bits per heavy atom. The summed E-state index contributed by atoms with van der Waals surface area (Å²) >= 11 is 4.88. The fourth-order valence-corrected chi connectivity index (χ4v) is 1.29. The average Bonchev–Trinajstić information content (AvgIpc) is 2.12. The first-order chi connectivity index (χ1) is 6.73. The van der Waals surface area contributed by atoms with E-state index in [2.05, 4.69) is 26.1 Å². The molecule has 0 spiro atoms. The molecule has 0 saturated carbocycles. The van der Waals surface area contributed by atoms with E-state index in [1.54, 1.807) is 13.8 Å². The van der Waals surface area contributed by atoms with E-state index in [0.29, 0.717) is 5.92 Å². The van der Waals surface area contributed by atoms with Gasteiger partial charge in [-0.25, -0.2) is 0 Å². The normalized spacial score (nSPS) is 13.7. The summed E-state index contributed by atoms with van der Waals surface area (Å²) in [5, 5.41) is 2.98. The van der Waals surface area contributed by atoms with Gasteiger partial charge >= 0.3 is 0 Å². The van der Waals surface area contributed by atoms with E-state index in [4.69, 9.17) is 18.0 Å². The Bertz CT molecular complexity index is 249. The lowest BCUT2D eigenvalue weighted by molar-refractivity contribution is -0.127. The van der Waals surface area contributed by atoms with E-state index in [9.17, 15) is 4.79 Å². The van der Waals surface area contributed by atoms with E-state index in [-0.39, 0.29) is 16.9 Å². The summed E-state index contributed by atoms with van der Waals surface area (Å²) in [5.74, 6) is 0.330. The molecule has 0 bridgehead atoms. The molecule has 0 aromatic carbocycles. The molecule has 0 radical (unpaired) electrons. The van der Waals surface area contributed by atoms with Gasteiger partial charge in [0.15, 0.2) is 0 Å². The molecule has 0 aliphatic carbocycles. The molecule has 0 saturated heterocycles. The van der Waals surface area contributed by atoms with Gasteiger partial charge in [0.1, 0.15) is 0 Å². The third-order valence-corrected chi connectivity index (χ3v) is 3.26. The molecular formula is C11H22N2OS. The van der Waals surface area contributed by atoms with Crippen molar-refractivity contribution in [1.29, 1.82) is 0 Å². The molecule has 1 amide bonds. The molecule has 3 N–H and O–H groups in total. The maximum atomic E-state index is 11.9. The number of nitrogens with one attached hydrogen (secondary N) is 1. The highest BCUT2D eigenvalue weighted by Gasteiger charge is 2.32. The first-order valence-electron chi connectivity index (χ1n) is 5.34. The van der Waals surface area contributed by atoms with Crippen molar-refractivity contribution in [3.8, 4) is 0 Å². The zero-order valence-corrected chi connectivity index (χ0v) is 11.1. The molecule has 88 valence electrons. The Labute approximate surface area is 97.8 Å². The van der Waals surface area contributed by atoms with Gasteiger partial charge in [-0.2, -0.15) is 0 Å². The summed E-state index contributed by atoms with van der Waals surface area (Å²) in [6.45, 7) is 9.72. The van der Waals surface area contributed by atoms with Crippen LogP contribution in [0.4, 0.5) is 0 Å². The van der Waals surface area contributed by atoms with Crippen LogP contribution in [0.2, 0.25) is 0 Å². The second-order valence-electron chi connectivity index (χ2n) is 4.72. The van der Waals surface area contributed by atoms with Crippen LogP contribution in [0.5, 0.6) is 0 Å². The van der Waals surface area contributed by atoms with Crippen LogP contribution in [-0.2, 0) is 4.79 Å². The van der Waals surface area contributed by atoms with Crippen molar-refractivity contribution in [2.45, 2.75) is 47.1 Å². The van der Waals surface area contributed by atoms with Gasteiger partial charge < -0.3 is 11.1 Å². The summed E-state index contributed by atoms with van der Waals surface area (Å²) in [4.78, 5) is 12.1. The van der Waals surface area contributed by atoms with Crippen LogP contribution in [0.3, 0.4) is 0 Å². The van der Waals surface area contributed by atoms with Crippen molar-refractivity contribution in [1.82, 2.24) is 5.32 Å². The van der Waals surface area contributed by atoms with Gasteiger partial charge in [0.2, 0.25) is 5.91 Å². The zero-order valence-electron chi connectivity index (χ0n) is 10.3. The molecular weight excluding hydrogens is 208 g/mol. The van der Waals surface area contributed by atoms with Gasteiger partial charge in [0.25, 0.3) is 0 Å². The number of rotatable bonds is 5. The van der Waals surface area contributed by atoms with Gasteiger partial charge in [-0.1, -0.05) is 33.0 Å². The van der Waals surface area contributed by atoms with Crippen molar-refractivity contribution < 1.29 is 4.79 Å². The lowest BCUT2D eigenvalue weighted by Gasteiger charge is -2.27. The van der Waals surface area contributed by atoms with Crippen molar-refractivity contribution >= 4 is 23.1 Å². The van der Waals surface area contributed by atoms with E-state index in [0.717, 1.165) is 6.42 Å². The summed E-state index contributed by atoms with van der Waals surface area (Å²) in [7, 11) is 0. The third-order valence-electron chi connectivity index (χ3n) is 2.74. The van der Waals surface area contributed by atoms with Crippen LogP contribution in [-0.4, -0.2) is 16.9 Å². The fourth-order valence-electron chi connectivity index (χ4n) is 1.20. The zero-order chi connectivity index (χ0) is 12.2. The van der Waals surface area contributed by atoms with Crippen LogP contribution in [0.25, 0.3) is 0 Å². The molecule has 15 heavy (non-hydrogen) atoms. The summed E-state index contributed by atoms with van der Waals surface area (Å²) in [6, 6.07) is 0.186. The number of hydrogen-bond acceptors (Lipinski definition) is 2. The Kier molecular flexibility index (Phi) is 5.21. The minimum absolute atomic E-state index is 0.0875. The molecule has 0 aliphatic rings. The van der Waals surface area contributed by atoms with Crippen molar-refractivity contribution in [3.05, 3.63) is 0 Å². The molecule has 3 nitrogen and oxygen atoms in total. The predicted octanol–water partition coefficient (Wildman–Crippen LogP) is 1.85. The number of carbonyl (C=O) groups excluding carboxylic acids is 1. The van der Waals surface area contributed by atoms with E-state index < -0.39 is 5.41 Å². The minimum atomic E-state index is -0.766. The topological polar surface area (TPSA) is 55.1 Å². The van der Waals surface area contributed by atoms with Crippen LogP contribution in [0, 0.1) is 11.3 Å². The molecule has 0 rings (SSSR count). The summed E-state index contributed by atoms with van der Waals surface area (Å²) in [5.41, 5.74) is 4.77. The molecule has 1 unspecified atom stereocenters. The summed E-state index contributed by atoms with van der Waals surface area (Å²) in [6.07, 6.45) is 0.914. The predicted molar refractivity (Wildman–Crippen MR) is 67.6 cm³/mol. The van der Waals surface area contributed by atoms with E-state index >= 15 is 0 Å². The number of carbonyl (C=O) groups is 1. The molecule has 0 fully saturated rings. The van der Waals surface area contributed by atoms with Gasteiger partial charge in [0, 0.05) is 6.04 Å². The molecule has 4 heteroatoms. The lowest BCUT2D eigenvalue weighted by atomic mass is 9.91. The van der Waals surface area contributed by atoms with Gasteiger partial charge in [-0.15, -0.1) is 0 Å². The third kappa shape index (κ3) is 3.78. The van der Waals surface area contributed by atoms with Crippen LogP contribution in [0.1, 0.15) is 41.0 Å². The Hall–Kier alpha value is -0.640. The Balaban J connectivity index is 4.54. The van der Waals surface area contributed by atoms with E-state index in [1.807, 2.05) is 0 Å². The first kappa shape index (κ1) is 14.4. The Morgan fingerprint density at radius 2 is 1.93 bits per heavy atom. The van der Waals surface area contributed by atoms with Crippen molar-refractivity contribution in [3.63, 3.8) is 0 Å². The standard InChI is InChI=1S/C11H22N2OS/c1-6-8(7(2)3)13-10(14)11(4,5)9(12)15/h7-8H,6H2,1-5H3,(H2,12,15)(H,13,14). The molecule has 0 aliphatic heterocycles. The lowest BCUT2D eigenvalue weighted by Crippen LogP contribution is -2.49. The van der Waals surface area contributed by atoms with E-state index in [1.165, 1.54) is 0 Å². The van der Waals surface area contributed by atoms with Gasteiger partial charge in [-0.3, -0.25) is 4.79 Å². The van der Waals surface area contributed by atoms with Crippen LogP contribution in [0.15, 0.2) is 0 Å². The first-order valence-corrected chi connectivity index (χ1v) is 5.75. The highest BCUT2D eigenvalue weighted by molar-refractivity contribution is 7.80. The second-order valence-corrected chi connectivity index (χ2v) is 5.16. The van der Waals surface area contributed by atoms with Gasteiger partial charge in [-0.05, 0) is 26.2 Å². The monoisotopic (exact) mass is 230 g/mol.